The van der Waals surface area contributed by atoms with Crippen LogP contribution in [-0.2, 0) is 11.3 Å². The van der Waals surface area contributed by atoms with Gasteiger partial charge in [0.1, 0.15) is 0 Å². The Morgan fingerprint density at radius 2 is 1.90 bits per heavy atom. The second-order valence-corrected chi connectivity index (χ2v) is 2.00. The third-order valence-electron chi connectivity index (χ3n) is 1.23. The van der Waals surface area contributed by atoms with Crippen molar-refractivity contribution >= 4 is 0 Å². The Kier molecular flexibility index (Phi) is 2.97. The zero-order valence-corrected chi connectivity index (χ0v) is 5.79. The molecule has 0 heterocycles. The smallest absolute Gasteiger partial charge is 0.0717 e. The van der Waals surface area contributed by atoms with Crippen LogP contribution in [0.15, 0.2) is 30.3 Å². The molecule has 1 aromatic carbocycles. The summed E-state index contributed by atoms with van der Waals surface area (Å²) in [6.45, 7) is 6.05. The second kappa shape index (κ2) is 4.07. The summed E-state index contributed by atoms with van der Waals surface area (Å²) < 4.78 is 5.00. The molecule has 1 aromatic rings. The summed E-state index contributed by atoms with van der Waals surface area (Å²) in [6.07, 6.45) is 0. The van der Waals surface area contributed by atoms with Gasteiger partial charge < -0.3 is 4.74 Å². The molecule has 0 unspecified atom stereocenters. The van der Waals surface area contributed by atoms with Crippen molar-refractivity contribution in [3.05, 3.63) is 42.8 Å². The molecule has 52 valence electrons. The van der Waals surface area contributed by atoms with Crippen molar-refractivity contribution in [3.8, 4) is 0 Å². The first-order valence-electron chi connectivity index (χ1n) is 3.25. The van der Waals surface area contributed by atoms with Gasteiger partial charge in [-0.05, 0) is 12.5 Å². The van der Waals surface area contributed by atoms with Crippen molar-refractivity contribution in [2.75, 3.05) is 6.61 Å². The van der Waals surface area contributed by atoms with E-state index in [1.165, 1.54) is 0 Å². The SMILES string of the molecule is [CH]COCc1ccccc1. The standard InChI is InChI=1S/C9H10O/c1-2-10-8-9-6-4-3-5-7-9/h1,3-7H,2,8H2. The lowest BCUT2D eigenvalue weighted by atomic mass is 10.2. The van der Waals surface area contributed by atoms with E-state index in [0.29, 0.717) is 6.61 Å². The van der Waals surface area contributed by atoms with Crippen LogP contribution in [0.25, 0.3) is 0 Å². The lowest BCUT2D eigenvalue weighted by molar-refractivity contribution is 0.147. The van der Waals surface area contributed by atoms with E-state index in [0.717, 1.165) is 5.56 Å². The minimum absolute atomic E-state index is 0.287. The van der Waals surface area contributed by atoms with Gasteiger partial charge in [0.05, 0.1) is 13.2 Å². The minimum Gasteiger partial charge on any atom is -0.376 e. The summed E-state index contributed by atoms with van der Waals surface area (Å²) in [7, 11) is 0. The molecule has 0 aliphatic carbocycles. The molecule has 0 N–H and O–H groups in total. The van der Waals surface area contributed by atoms with Gasteiger partial charge in [0.25, 0.3) is 0 Å². The third-order valence-corrected chi connectivity index (χ3v) is 1.23. The molecule has 0 aromatic heterocycles. The average Bonchev–Trinajstić information content (AvgIpc) is 2.03. The lowest BCUT2D eigenvalue weighted by Gasteiger charge is -1.98. The van der Waals surface area contributed by atoms with Gasteiger partial charge in [-0.1, -0.05) is 30.3 Å². The normalized spacial score (nSPS) is 9.70. The number of rotatable bonds is 3. The summed E-state index contributed by atoms with van der Waals surface area (Å²) in [5.74, 6) is 0. The first-order chi connectivity index (χ1) is 4.93. The Labute approximate surface area is 61.6 Å². The van der Waals surface area contributed by atoms with E-state index >= 15 is 0 Å². The molecular weight excluding hydrogens is 124 g/mol. The zero-order chi connectivity index (χ0) is 7.23. The van der Waals surface area contributed by atoms with Crippen LogP contribution in [0, 0.1) is 6.92 Å². The number of ether oxygens (including phenoxy) is 1. The van der Waals surface area contributed by atoms with Gasteiger partial charge in [-0.2, -0.15) is 0 Å². The van der Waals surface area contributed by atoms with E-state index in [1.54, 1.807) is 0 Å². The molecular formula is C9H10O. The second-order valence-electron chi connectivity index (χ2n) is 2.00. The molecule has 10 heavy (non-hydrogen) atoms. The quantitative estimate of drug-likeness (QED) is 0.613. The van der Waals surface area contributed by atoms with Crippen LogP contribution >= 0.6 is 0 Å². The molecule has 0 fully saturated rings. The molecule has 1 heteroatoms. The summed E-state index contributed by atoms with van der Waals surface area (Å²) in [5.41, 5.74) is 1.16. The molecule has 1 rings (SSSR count). The Bertz CT molecular complexity index is 169. The fraction of sp³-hybridized carbons (Fsp3) is 0.222. The molecule has 0 spiro atoms. The van der Waals surface area contributed by atoms with Gasteiger partial charge in [-0.25, -0.2) is 0 Å². The van der Waals surface area contributed by atoms with Gasteiger partial charge in [0.2, 0.25) is 0 Å². The van der Waals surface area contributed by atoms with E-state index in [2.05, 4.69) is 0 Å². The highest BCUT2D eigenvalue weighted by molar-refractivity contribution is 5.13. The first kappa shape index (κ1) is 7.29. The van der Waals surface area contributed by atoms with E-state index in [-0.39, 0.29) is 6.61 Å². The van der Waals surface area contributed by atoms with Crippen LogP contribution in [0.1, 0.15) is 5.56 Å². The van der Waals surface area contributed by atoms with Gasteiger partial charge >= 0.3 is 0 Å². The molecule has 0 bridgehead atoms. The Morgan fingerprint density at radius 1 is 1.20 bits per heavy atom. The maximum Gasteiger partial charge on any atom is 0.0717 e. The van der Waals surface area contributed by atoms with Crippen molar-refractivity contribution in [3.63, 3.8) is 0 Å². The topological polar surface area (TPSA) is 9.23 Å². The highest BCUT2D eigenvalue weighted by Crippen LogP contribution is 1.99. The largest absolute Gasteiger partial charge is 0.376 e. The fourth-order valence-electron chi connectivity index (χ4n) is 0.751. The Balaban J connectivity index is 2.43. The van der Waals surface area contributed by atoms with Gasteiger partial charge in [0, 0.05) is 0 Å². The predicted molar refractivity (Wildman–Crippen MR) is 40.4 cm³/mol. The number of benzene rings is 1. The summed E-state index contributed by atoms with van der Waals surface area (Å²) >= 11 is 0. The van der Waals surface area contributed by atoms with E-state index in [9.17, 15) is 0 Å². The number of hydrogen-bond donors (Lipinski definition) is 0. The van der Waals surface area contributed by atoms with Crippen molar-refractivity contribution in [2.45, 2.75) is 6.61 Å². The van der Waals surface area contributed by atoms with Crippen molar-refractivity contribution in [2.24, 2.45) is 0 Å². The summed E-state index contributed by atoms with van der Waals surface area (Å²) in [4.78, 5) is 0. The maximum atomic E-state index is 5.15. The molecule has 1 nitrogen and oxygen atoms in total. The molecule has 0 amide bonds. The number of hydrogen-bond acceptors (Lipinski definition) is 1. The third kappa shape index (κ3) is 2.19. The highest BCUT2D eigenvalue weighted by atomic mass is 16.5. The molecule has 2 radical (unpaired) electrons. The average molecular weight is 134 g/mol. The van der Waals surface area contributed by atoms with Crippen LogP contribution < -0.4 is 0 Å². The molecule has 0 aliphatic rings. The lowest BCUT2D eigenvalue weighted by Crippen LogP contribution is -1.90. The van der Waals surface area contributed by atoms with Crippen LogP contribution in [0.3, 0.4) is 0 Å². The Morgan fingerprint density at radius 3 is 2.50 bits per heavy atom. The van der Waals surface area contributed by atoms with Crippen LogP contribution in [-0.4, -0.2) is 6.61 Å². The van der Waals surface area contributed by atoms with Crippen molar-refractivity contribution in [1.82, 2.24) is 0 Å². The fourth-order valence-corrected chi connectivity index (χ4v) is 0.751. The molecule has 0 atom stereocenters. The van der Waals surface area contributed by atoms with Crippen LogP contribution in [0.4, 0.5) is 0 Å². The first-order valence-corrected chi connectivity index (χ1v) is 3.25. The van der Waals surface area contributed by atoms with E-state index in [4.69, 9.17) is 11.7 Å². The molecule has 0 saturated heterocycles. The molecule has 0 saturated carbocycles. The Hall–Kier alpha value is -0.820. The van der Waals surface area contributed by atoms with E-state index in [1.807, 2.05) is 30.3 Å². The summed E-state index contributed by atoms with van der Waals surface area (Å²) in [5, 5.41) is 0. The van der Waals surface area contributed by atoms with Crippen molar-refractivity contribution < 1.29 is 4.74 Å². The van der Waals surface area contributed by atoms with Gasteiger partial charge in [0.15, 0.2) is 0 Å². The zero-order valence-electron chi connectivity index (χ0n) is 5.79. The van der Waals surface area contributed by atoms with Crippen molar-refractivity contribution in [1.29, 1.82) is 0 Å². The monoisotopic (exact) mass is 134 g/mol. The van der Waals surface area contributed by atoms with Gasteiger partial charge in [-0.15, -0.1) is 0 Å². The van der Waals surface area contributed by atoms with Crippen LogP contribution in [0.2, 0.25) is 0 Å². The maximum absolute atomic E-state index is 5.15. The molecule has 0 aliphatic heterocycles. The highest BCUT2D eigenvalue weighted by Gasteiger charge is 1.86. The summed E-state index contributed by atoms with van der Waals surface area (Å²) in [6, 6.07) is 9.96. The van der Waals surface area contributed by atoms with Crippen LogP contribution in [0.5, 0.6) is 0 Å². The van der Waals surface area contributed by atoms with E-state index < -0.39 is 0 Å². The van der Waals surface area contributed by atoms with Gasteiger partial charge in [-0.3, -0.25) is 0 Å². The minimum atomic E-state index is 0.287. The predicted octanol–water partition coefficient (Wildman–Crippen LogP) is 1.91.